The molecule has 0 spiro atoms. The van der Waals surface area contributed by atoms with Gasteiger partial charge in [0.1, 0.15) is 5.76 Å². The normalized spacial score (nSPS) is 34.7. The lowest BCUT2D eigenvalue weighted by Crippen LogP contribution is -2.59. The maximum atomic E-state index is 12.2. The third-order valence-electron chi connectivity index (χ3n) is 4.77. The molecule has 0 radical (unpaired) electrons. The summed E-state index contributed by atoms with van der Waals surface area (Å²) in [6.07, 6.45) is 2.91. The quantitative estimate of drug-likeness (QED) is 0.643. The molecule has 3 rings (SSSR count). The van der Waals surface area contributed by atoms with Crippen molar-refractivity contribution in [3.05, 3.63) is 23.6 Å². The number of hydrogen-bond donors (Lipinski definition) is 0. The molecule has 116 valence electrons. The first-order valence-electron chi connectivity index (χ1n) is 7.29. The van der Waals surface area contributed by atoms with Crippen LogP contribution in [0, 0.1) is 10.8 Å². The Hall–Kier alpha value is -1.33. The summed E-state index contributed by atoms with van der Waals surface area (Å²) in [5.74, 6) is 0.602. The third kappa shape index (κ3) is 1.67. The van der Waals surface area contributed by atoms with Gasteiger partial charge in [0.2, 0.25) is 0 Å². The Bertz CT molecular complexity index is 555. The molecule has 0 aliphatic carbocycles. The summed E-state index contributed by atoms with van der Waals surface area (Å²) in [6, 6.07) is 0. The van der Waals surface area contributed by atoms with Crippen LogP contribution in [0.2, 0.25) is 0 Å². The summed E-state index contributed by atoms with van der Waals surface area (Å²) in [5, 5.41) is 0. The summed E-state index contributed by atoms with van der Waals surface area (Å²) < 4.78 is 6.01. The van der Waals surface area contributed by atoms with Gasteiger partial charge in [0, 0.05) is 29.7 Å². The van der Waals surface area contributed by atoms with E-state index < -0.39 is 11.7 Å². The van der Waals surface area contributed by atoms with E-state index in [1.165, 1.54) is 4.90 Å². The van der Waals surface area contributed by atoms with Crippen molar-refractivity contribution < 1.29 is 19.3 Å². The third-order valence-corrected chi connectivity index (χ3v) is 4.77. The fourth-order valence-electron chi connectivity index (χ4n) is 3.76. The Kier molecular flexibility index (Phi) is 2.86. The summed E-state index contributed by atoms with van der Waals surface area (Å²) in [5.41, 5.74) is -0.407. The van der Waals surface area contributed by atoms with Gasteiger partial charge in [-0.15, -0.1) is 0 Å². The number of carbonyl (C=O) groups is 1. The molecule has 5 nitrogen and oxygen atoms in total. The van der Waals surface area contributed by atoms with Gasteiger partial charge in [0.25, 0.3) is 5.91 Å². The van der Waals surface area contributed by atoms with Crippen molar-refractivity contribution >= 4 is 5.91 Å². The summed E-state index contributed by atoms with van der Waals surface area (Å²) in [7, 11) is 1.70. The van der Waals surface area contributed by atoms with Gasteiger partial charge < -0.3 is 9.64 Å². The van der Waals surface area contributed by atoms with Crippen molar-refractivity contribution in [3.8, 4) is 0 Å². The highest BCUT2D eigenvalue weighted by molar-refractivity contribution is 5.87. The minimum absolute atomic E-state index is 0.143. The number of likely N-dealkylation sites (N-methyl/N-ethyl adjacent to an activating group) is 1. The van der Waals surface area contributed by atoms with Crippen LogP contribution in [-0.4, -0.2) is 36.2 Å². The molecule has 0 bridgehead atoms. The predicted octanol–water partition coefficient (Wildman–Crippen LogP) is 2.40. The van der Waals surface area contributed by atoms with Crippen molar-refractivity contribution in [2.75, 3.05) is 13.7 Å². The Balaban J connectivity index is 2.23. The molecule has 0 aromatic heterocycles. The highest BCUT2D eigenvalue weighted by atomic mass is 17.2. The van der Waals surface area contributed by atoms with Crippen LogP contribution < -0.4 is 0 Å². The first kappa shape index (κ1) is 14.6. The van der Waals surface area contributed by atoms with Gasteiger partial charge in [-0.2, -0.15) is 0 Å². The number of nitrogens with zero attached hydrogens (tertiary/aromatic N) is 1. The van der Waals surface area contributed by atoms with Crippen LogP contribution >= 0.6 is 0 Å². The highest BCUT2D eigenvalue weighted by Crippen LogP contribution is 2.59. The molecule has 1 saturated heterocycles. The number of ether oxygens (including phenoxy) is 1. The molecule has 0 saturated carbocycles. The van der Waals surface area contributed by atoms with E-state index in [1.54, 1.807) is 13.2 Å². The summed E-state index contributed by atoms with van der Waals surface area (Å²) >= 11 is 0. The van der Waals surface area contributed by atoms with Gasteiger partial charge in [-0.3, -0.25) is 4.79 Å². The van der Waals surface area contributed by atoms with Gasteiger partial charge in [-0.1, -0.05) is 34.6 Å². The van der Waals surface area contributed by atoms with E-state index in [0.717, 1.165) is 11.3 Å². The van der Waals surface area contributed by atoms with Crippen LogP contribution in [0.3, 0.4) is 0 Å². The summed E-state index contributed by atoms with van der Waals surface area (Å²) in [4.78, 5) is 25.2. The molecule has 1 amide bonds. The average Bonchev–Trinajstić information content (AvgIpc) is 2.66. The number of carbonyl (C=O) groups excluding carboxylic acids is 1. The van der Waals surface area contributed by atoms with Crippen LogP contribution in [0.15, 0.2) is 23.6 Å². The Labute approximate surface area is 125 Å². The van der Waals surface area contributed by atoms with Crippen molar-refractivity contribution in [1.29, 1.82) is 0 Å². The molecule has 0 N–H and O–H groups in total. The second-order valence-electron chi connectivity index (χ2n) is 7.71. The molecule has 21 heavy (non-hydrogen) atoms. The van der Waals surface area contributed by atoms with Crippen molar-refractivity contribution in [1.82, 2.24) is 4.90 Å². The second-order valence-corrected chi connectivity index (χ2v) is 7.71. The van der Waals surface area contributed by atoms with E-state index in [9.17, 15) is 4.79 Å². The van der Waals surface area contributed by atoms with E-state index in [4.69, 9.17) is 14.5 Å². The zero-order chi connectivity index (χ0) is 15.6. The zero-order valence-corrected chi connectivity index (χ0v) is 13.5. The van der Waals surface area contributed by atoms with Crippen molar-refractivity contribution in [3.63, 3.8) is 0 Å². The van der Waals surface area contributed by atoms with Crippen LogP contribution in [0.4, 0.5) is 0 Å². The molecule has 0 aromatic rings. The van der Waals surface area contributed by atoms with Gasteiger partial charge in [0.15, 0.2) is 11.7 Å². The Morgan fingerprint density at radius 3 is 2.62 bits per heavy atom. The van der Waals surface area contributed by atoms with E-state index in [1.807, 2.05) is 6.08 Å². The fourth-order valence-corrected chi connectivity index (χ4v) is 3.76. The van der Waals surface area contributed by atoms with E-state index in [2.05, 4.69) is 34.6 Å². The molecule has 3 aliphatic rings. The Morgan fingerprint density at radius 1 is 1.33 bits per heavy atom. The van der Waals surface area contributed by atoms with Gasteiger partial charge in [0.05, 0.1) is 6.61 Å². The molecule has 2 atom stereocenters. The van der Waals surface area contributed by atoms with E-state index >= 15 is 0 Å². The van der Waals surface area contributed by atoms with Crippen LogP contribution in [0.1, 0.15) is 34.6 Å². The van der Waals surface area contributed by atoms with Gasteiger partial charge in [-0.05, 0) is 6.08 Å². The second kappa shape index (κ2) is 4.11. The molecule has 3 heterocycles. The zero-order valence-electron chi connectivity index (χ0n) is 13.5. The molecule has 0 unspecified atom stereocenters. The van der Waals surface area contributed by atoms with Crippen LogP contribution in [0.25, 0.3) is 0 Å². The maximum absolute atomic E-state index is 12.2. The van der Waals surface area contributed by atoms with Gasteiger partial charge in [-0.25, -0.2) is 9.78 Å². The van der Waals surface area contributed by atoms with Crippen molar-refractivity contribution in [2.45, 2.75) is 46.3 Å². The monoisotopic (exact) mass is 293 g/mol. The molecule has 0 aromatic carbocycles. The minimum atomic E-state index is -0.737. The fraction of sp³-hybridized carbons (Fsp3) is 0.688. The van der Waals surface area contributed by atoms with Crippen LogP contribution in [-0.2, 0) is 19.3 Å². The molecular formula is C16H23NO4. The molecule has 3 aliphatic heterocycles. The van der Waals surface area contributed by atoms with Crippen LogP contribution in [0.5, 0.6) is 0 Å². The highest BCUT2D eigenvalue weighted by Gasteiger charge is 2.67. The largest absolute Gasteiger partial charge is 0.494 e. The number of amides is 1. The minimum Gasteiger partial charge on any atom is -0.494 e. The smallest absolute Gasteiger partial charge is 0.263 e. The number of fused-ring (bicyclic) bond motifs is 2. The predicted molar refractivity (Wildman–Crippen MR) is 76.8 cm³/mol. The topological polar surface area (TPSA) is 48.0 Å². The standard InChI is InChI=1S/C16H23NO4/c1-14(2,3)16-12(19-9-15(16,4)5)10-7-8-17(6)13(18)11(10)20-21-16/h7-8,11H,9H2,1-6H3/t11-,16+/m0/s1. The summed E-state index contributed by atoms with van der Waals surface area (Å²) in [6.45, 7) is 11.1. The Morgan fingerprint density at radius 2 is 2.00 bits per heavy atom. The lowest BCUT2D eigenvalue weighted by atomic mass is 9.61. The maximum Gasteiger partial charge on any atom is 0.263 e. The molecular weight excluding hydrogens is 270 g/mol. The van der Waals surface area contributed by atoms with E-state index in [-0.39, 0.29) is 16.7 Å². The lowest BCUT2D eigenvalue weighted by Gasteiger charge is -2.50. The number of rotatable bonds is 0. The van der Waals surface area contributed by atoms with E-state index in [0.29, 0.717) is 6.61 Å². The van der Waals surface area contributed by atoms with Crippen molar-refractivity contribution in [2.24, 2.45) is 10.8 Å². The SMILES string of the molecule is CN1C=CC2=C3OCC(C)(C)[C@@]3(C(C)(C)C)OO[C@@H]2C1=O. The first-order chi connectivity index (χ1) is 9.62. The number of hydrogen-bond acceptors (Lipinski definition) is 4. The molecule has 1 fully saturated rings. The average molecular weight is 293 g/mol. The molecule has 5 heteroatoms. The van der Waals surface area contributed by atoms with Gasteiger partial charge >= 0.3 is 0 Å². The first-order valence-corrected chi connectivity index (χ1v) is 7.29. The lowest BCUT2D eigenvalue weighted by molar-refractivity contribution is -0.408.